The molecule has 134 valence electrons. The van der Waals surface area contributed by atoms with Crippen LogP contribution >= 0.6 is 11.6 Å². The average Bonchev–Trinajstić information content (AvgIpc) is 2.61. The maximum atomic E-state index is 12.7. The lowest BCUT2D eigenvalue weighted by Gasteiger charge is -2.22. The number of carbonyl (C=O) groups excluding carboxylic acids is 1. The molecule has 4 heteroatoms. The Labute approximate surface area is 155 Å². The van der Waals surface area contributed by atoms with E-state index >= 15 is 0 Å². The Kier molecular flexibility index (Phi) is 6.89. The van der Waals surface area contributed by atoms with Gasteiger partial charge in [0.2, 0.25) is 0 Å². The fourth-order valence-corrected chi connectivity index (χ4v) is 2.78. The van der Waals surface area contributed by atoms with Gasteiger partial charge in [-0.1, -0.05) is 55.3 Å². The van der Waals surface area contributed by atoms with Crippen molar-refractivity contribution < 1.29 is 9.53 Å². The Morgan fingerprint density at radius 3 is 2.32 bits per heavy atom. The summed E-state index contributed by atoms with van der Waals surface area (Å²) in [5.74, 6) is 0.565. The number of halogens is 1. The molecule has 1 N–H and O–H groups in total. The Bertz CT molecular complexity index is 712. The van der Waals surface area contributed by atoms with Crippen LogP contribution in [0.25, 0.3) is 0 Å². The molecule has 0 bridgehead atoms. The molecule has 0 heterocycles. The summed E-state index contributed by atoms with van der Waals surface area (Å²) in [4.78, 5) is 12.7. The largest absolute Gasteiger partial charge is 0.481 e. The van der Waals surface area contributed by atoms with Crippen LogP contribution in [0, 0.1) is 13.8 Å². The van der Waals surface area contributed by atoms with Crippen LogP contribution in [0.1, 0.15) is 49.4 Å². The van der Waals surface area contributed by atoms with Gasteiger partial charge < -0.3 is 10.1 Å². The van der Waals surface area contributed by atoms with Crippen molar-refractivity contribution in [3.63, 3.8) is 0 Å². The van der Waals surface area contributed by atoms with Gasteiger partial charge in [0.15, 0.2) is 6.10 Å². The number of rotatable bonds is 7. The van der Waals surface area contributed by atoms with E-state index in [-0.39, 0.29) is 11.9 Å². The topological polar surface area (TPSA) is 38.3 Å². The first-order valence-electron chi connectivity index (χ1n) is 8.74. The molecule has 2 atom stereocenters. The average molecular weight is 360 g/mol. The maximum absolute atomic E-state index is 12.7. The Balaban J connectivity index is 2.07. The van der Waals surface area contributed by atoms with Crippen molar-refractivity contribution in [1.82, 2.24) is 5.32 Å². The monoisotopic (exact) mass is 359 g/mol. The van der Waals surface area contributed by atoms with Crippen LogP contribution in [0.4, 0.5) is 0 Å². The second-order valence-electron chi connectivity index (χ2n) is 6.31. The highest BCUT2D eigenvalue weighted by Gasteiger charge is 2.22. The van der Waals surface area contributed by atoms with Crippen molar-refractivity contribution in [2.75, 3.05) is 0 Å². The molecule has 25 heavy (non-hydrogen) atoms. The summed E-state index contributed by atoms with van der Waals surface area (Å²) in [7, 11) is 0. The quantitative estimate of drug-likeness (QED) is 0.720. The smallest absolute Gasteiger partial charge is 0.261 e. The minimum absolute atomic E-state index is 0.0160. The minimum atomic E-state index is -0.528. The van der Waals surface area contributed by atoms with E-state index in [0.717, 1.165) is 17.5 Å². The molecule has 1 amide bonds. The van der Waals surface area contributed by atoms with Crippen LogP contribution in [0.2, 0.25) is 5.02 Å². The molecule has 2 rings (SSSR count). The molecule has 0 saturated heterocycles. The van der Waals surface area contributed by atoms with Gasteiger partial charge in [-0.25, -0.2) is 0 Å². The molecule has 2 aromatic carbocycles. The summed E-state index contributed by atoms with van der Waals surface area (Å²) >= 11 is 6.05. The molecule has 3 nitrogen and oxygen atoms in total. The van der Waals surface area contributed by atoms with Crippen LogP contribution in [0.5, 0.6) is 5.75 Å². The number of hydrogen-bond acceptors (Lipinski definition) is 2. The van der Waals surface area contributed by atoms with E-state index in [4.69, 9.17) is 16.3 Å². The van der Waals surface area contributed by atoms with Crippen molar-refractivity contribution in [2.45, 2.75) is 52.7 Å². The van der Waals surface area contributed by atoms with Crippen LogP contribution in [0.15, 0.2) is 42.5 Å². The van der Waals surface area contributed by atoms with Crippen molar-refractivity contribution >= 4 is 17.5 Å². The van der Waals surface area contributed by atoms with E-state index in [9.17, 15) is 4.79 Å². The predicted octanol–water partition coefficient (Wildman–Crippen LogP) is 5.38. The third-order valence-electron chi connectivity index (χ3n) is 4.28. The molecule has 0 aliphatic carbocycles. The fourth-order valence-electron chi connectivity index (χ4n) is 2.66. The first-order chi connectivity index (χ1) is 11.9. The van der Waals surface area contributed by atoms with Gasteiger partial charge >= 0.3 is 0 Å². The summed E-state index contributed by atoms with van der Waals surface area (Å²) in [5, 5.41) is 3.80. The summed E-state index contributed by atoms with van der Waals surface area (Å²) < 4.78 is 5.89. The third-order valence-corrected chi connectivity index (χ3v) is 4.70. The fraction of sp³-hybridized carbons (Fsp3) is 0.381. The predicted molar refractivity (Wildman–Crippen MR) is 103 cm³/mol. The summed E-state index contributed by atoms with van der Waals surface area (Å²) in [5.41, 5.74) is 3.25. The number of benzene rings is 2. The van der Waals surface area contributed by atoms with Crippen molar-refractivity contribution in [2.24, 2.45) is 0 Å². The first kappa shape index (κ1) is 19.3. The normalized spacial score (nSPS) is 13.2. The number of hydrogen-bond donors (Lipinski definition) is 1. The highest BCUT2D eigenvalue weighted by molar-refractivity contribution is 6.31. The molecule has 0 fully saturated rings. The first-order valence-corrected chi connectivity index (χ1v) is 9.12. The number of carbonyl (C=O) groups is 1. The van der Waals surface area contributed by atoms with Gasteiger partial charge in [0.1, 0.15) is 5.75 Å². The van der Waals surface area contributed by atoms with Crippen molar-refractivity contribution in [3.8, 4) is 5.75 Å². The molecule has 0 aromatic heterocycles. The number of amides is 1. The van der Waals surface area contributed by atoms with Gasteiger partial charge in [-0.05, 0) is 56.0 Å². The zero-order valence-corrected chi connectivity index (χ0v) is 16.1. The molecule has 2 aromatic rings. The number of aryl methyl sites for hydroxylation is 2. The zero-order chi connectivity index (χ0) is 18.4. The van der Waals surface area contributed by atoms with E-state index in [1.54, 1.807) is 12.1 Å². The Hall–Kier alpha value is -2.00. The van der Waals surface area contributed by atoms with Crippen LogP contribution in [-0.4, -0.2) is 12.0 Å². The van der Waals surface area contributed by atoms with Crippen LogP contribution < -0.4 is 10.1 Å². The second-order valence-corrected chi connectivity index (χ2v) is 6.71. The van der Waals surface area contributed by atoms with E-state index in [1.165, 1.54) is 5.56 Å². The maximum Gasteiger partial charge on any atom is 0.261 e. The highest BCUT2D eigenvalue weighted by Crippen LogP contribution is 2.23. The van der Waals surface area contributed by atoms with Gasteiger partial charge in [-0.15, -0.1) is 0 Å². The van der Waals surface area contributed by atoms with Gasteiger partial charge in [0, 0.05) is 5.02 Å². The lowest BCUT2D eigenvalue weighted by molar-refractivity contribution is -0.128. The molecule has 0 unspecified atom stereocenters. The van der Waals surface area contributed by atoms with E-state index < -0.39 is 6.10 Å². The second kappa shape index (κ2) is 8.91. The van der Waals surface area contributed by atoms with Gasteiger partial charge in [-0.3, -0.25) is 4.79 Å². The van der Waals surface area contributed by atoms with Gasteiger partial charge in [0.05, 0.1) is 6.04 Å². The number of ether oxygens (including phenoxy) is 1. The van der Waals surface area contributed by atoms with E-state index in [1.807, 2.05) is 19.9 Å². The van der Waals surface area contributed by atoms with Crippen LogP contribution in [0.3, 0.4) is 0 Å². The van der Waals surface area contributed by atoms with Gasteiger partial charge in [-0.2, -0.15) is 0 Å². The van der Waals surface area contributed by atoms with Crippen molar-refractivity contribution in [3.05, 3.63) is 64.2 Å². The third kappa shape index (κ3) is 5.23. The lowest BCUT2D eigenvalue weighted by Crippen LogP contribution is -2.39. The summed E-state index contributed by atoms with van der Waals surface area (Å²) in [6.45, 7) is 7.98. The zero-order valence-electron chi connectivity index (χ0n) is 15.3. The number of nitrogens with one attached hydrogen (secondary N) is 1. The molecule has 0 spiro atoms. The SMILES string of the molecule is CC[C@H](Oc1ccc(Cl)c(C)c1)C(=O)N[C@@H](CC)c1ccc(C)cc1. The molecule has 0 radical (unpaired) electrons. The van der Waals surface area contributed by atoms with E-state index in [2.05, 4.69) is 43.4 Å². The van der Waals surface area contributed by atoms with Crippen molar-refractivity contribution in [1.29, 1.82) is 0 Å². The van der Waals surface area contributed by atoms with Crippen LogP contribution in [-0.2, 0) is 4.79 Å². The van der Waals surface area contributed by atoms with E-state index in [0.29, 0.717) is 17.2 Å². The standard InChI is InChI=1S/C21H26ClNO2/c1-5-19(16-9-7-14(3)8-10-16)23-21(24)20(6-2)25-17-11-12-18(22)15(4)13-17/h7-13,19-20H,5-6H2,1-4H3,(H,23,24)/t19-,20-/m0/s1. The lowest BCUT2D eigenvalue weighted by atomic mass is 10.0. The summed E-state index contributed by atoms with van der Waals surface area (Å²) in [6, 6.07) is 13.7. The Morgan fingerprint density at radius 1 is 1.08 bits per heavy atom. The summed E-state index contributed by atoms with van der Waals surface area (Å²) in [6.07, 6.45) is 0.892. The minimum Gasteiger partial charge on any atom is -0.481 e. The Morgan fingerprint density at radius 2 is 1.76 bits per heavy atom. The molecular formula is C21H26ClNO2. The van der Waals surface area contributed by atoms with Gasteiger partial charge in [0.25, 0.3) is 5.91 Å². The molecule has 0 aliphatic heterocycles. The molecular weight excluding hydrogens is 334 g/mol. The molecule has 0 saturated carbocycles. The highest BCUT2D eigenvalue weighted by atomic mass is 35.5. The molecule has 0 aliphatic rings.